The van der Waals surface area contributed by atoms with Crippen LogP contribution in [-0.2, 0) is 9.59 Å². The van der Waals surface area contributed by atoms with Crippen molar-refractivity contribution >= 4 is 28.3 Å². The molecule has 22 heavy (non-hydrogen) atoms. The van der Waals surface area contributed by atoms with Gasteiger partial charge in [0.1, 0.15) is 5.01 Å². The minimum absolute atomic E-state index is 0.0637. The lowest BCUT2D eigenvalue weighted by Gasteiger charge is -2.20. The Bertz CT molecular complexity index is 668. The Hall–Kier alpha value is -2.28. The summed E-state index contributed by atoms with van der Waals surface area (Å²) in [7, 11) is 0. The Morgan fingerprint density at radius 2 is 1.86 bits per heavy atom. The molecule has 0 radical (unpaired) electrons. The summed E-state index contributed by atoms with van der Waals surface area (Å²) in [5, 5.41) is 20.6. The topological polar surface area (TPSA) is 92.2 Å². The molecule has 6 nitrogen and oxygen atoms in total. The number of rotatable bonds is 6. The molecule has 2 N–H and O–H groups in total. The molecule has 0 spiro atoms. The van der Waals surface area contributed by atoms with Crippen LogP contribution in [0.15, 0.2) is 30.3 Å². The highest BCUT2D eigenvalue weighted by Crippen LogP contribution is 2.28. The third-order valence-corrected chi connectivity index (χ3v) is 3.85. The van der Waals surface area contributed by atoms with Gasteiger partial charge >= 0.3 is 5.97 Å². The lowest BCUT2D eigenvalue weighted by Crippen LogP contribution is -2.24. The number of amides is 1. The summed E-state index contributed by atoms with van der Waals surface area (Å²) in [6, 6.07) is 9.56. The minimum atomic E-state index is -0.917. The van der Waals surface area contributed by atoms with Crippen LogP contribution >= 0.6 is 11.3 Å². The van der Waals surface area contributed by atoms with E-state index < -0.39 is 11.4 Å². The Morgan fingerprint density at radius 1 is 1.18 bits per heavy atom. The van der Waals surface area contributed by atoms with Gasteiger partial charge in [0.25, 0.3) is 0 Å². The van der Waals surface area contributed by atoms with E-state index in [1.54, 1.807) is 13.8 Å². The van der Waals surface area contributed by atoms with Crippen molar-refractivity contribution in [2.75, 3.05) is 5.32 Å². The number of carbonyl (C=O) groups is 2. The van der Waals surface area contributed by atoms with Crippen molar-refractivity contribution in [2.24, 2.45) is 5.41 Å². The van der Waals surface area contributed by atoms with E-state index in [-0.39, 0.29) is 18.7 Å². The molecule has 2 aromatic rings. The summed E-state index contributed by atoms with van der Waals surface area (Å²) in [6.07, 6.45) is 0.0470. The summed E-state index contributed by atoms with van der Waals surface area (Å²) in [5.41, 5.74) is 0.328. The average molecular weight is 319 g/mol. The van der Waals surface area contributed by atoms with Gasteiger partial charge in [-0.15, -0.1) is 10.2 Å². The SMILES string of the molecule is CC(C)(CC(=O)O)CC(=O)Nc1nnc(-c2ccccc2)s1. The van der Waals surface area contributed by atoms with Gasteiger partial charge in [-0.05, 0) is 5.41 Å². The predicted octanol–water partition coefficient (Wildman–Crippen LogP) is 3.03. The zero-order valence-corrected chi connectivity index (χ0v) is 13.2. The van der Waals surface area contributed by atoms with Crippen molar-refractivity contribution in [2.45, 2.75) is 26.7 Å². The molecule has 116 valence electrons. The van der Waals surface area contributed by atoms with E-state index in [9.17, 15) is 9.59 Å². The molecule has 1 heterocycles. The second kappa shape index (κ2) is 6.65. The summed E-state index contributed by atoms with van der Waals surface area (Å²) >= 11 is 1.28. The number of anilines is 1. The molecular weight excluding hydrogens is 302 g/mol. The third-order valence-electron chi connectivity index (χ3n) is 2.96. The number of carboxylic acid groups (broad SMARTS) is 1. The maximum Gasteiger partial charge on any atom is 0.303 e. The highest BCUT2D eigenvalue weighted by molar-refractivity contribution is 7.18. The van der Waals surface area contributed by atoms with Crippen LogP contribution in [-0.4, -0.2) is 27.2 Å². The standard InChI is InChI=1S/C15H17N3O3S/c1-15(2,9-12(20)21)8-11(19)16-14-18-17-13(22-14)10-6-4-3-5-7-10/h3-7H,8-9H2,1-2H3,(H,20,21)(H,16,18,19). The van der Waals surface area contributed by atoms with Crippen molar-refractivity contribution in [3.63, 3.8) is 0 Å². The van der Waals surface area contributed by atoms with Crippen LogP contribution in [0, 0.1) is 5.41 Å². The number of carboxylic acids is 1. The van der Waals surface area contributed by atoms with Crippen molar-refractivity contribution in [1.82, 2.24) is 10.2 Å². The van der Waals surface area contributed by atoms with Crippen molar-refractivity contribution in [3.8, 4) is 10.6 Å². The molecule has 0 fully saturated rings. The number of benzene rings is 1. The molecule has 0 bridgehead atoms. The van der Waals surface area contributed by atoms with Crippen LogP contribution in [0.1, 0.15) is 26.7 Å². The summed E-state index contributed by atoms with van der Waals surface area (Å²) in [6.45, 7) is 3.49. The number of carbonyl (C=O) groups excluding carboxylic acids is 1. The molecule has 0 saturated carbocycles. The number of nitrogens with one attached hydrogen (secondary N) is 1. The molecule has 0 aliphatic heterocycles. The maximum absolute atomic E-state index is 12.0. The fraction of sp³-hybridized carbons (Fsp3) is 0.333. The third kappa shape index (κ3) is 4.63. The van der Waals surface area contributed by atoms with E-state index in [0.717, 1.165) is 10.6 Å². The molecule has 0 saturated heterocycles. The summed E-state index contributed by atoms with van der Waals surface area (Å²) < 4.78 is 0. The highest BCUT2D eigenvalue weighted by Gasteiger charge is 2.25. The molecule has 1 aromatic heterocycles. The van der Waals surface area contributed by atoms with Gasteiger partial charge in [0, 0.05) is 12.0 Å². The van der Waals surface area contributed by atoms with Crippen LogP contribution < -0.4 is 5.32 Å². The molecule has 1 aromatic carbocycles. The van der Waals surface area contributed by atoms with Crippen LogP contribution in [0.5, 0.6) is 0 Å². The van der Waals surface area contributed by atoms with E-state index in [1.165, 1.54) is 11.3 Å². The van der Waals surface area contributed by atoms with Gasteiger partial charge in [0.2, 0.25) is 11.0 Å². The fourth-order valence-electron chi connectivity index (χ4n) is 2.04. The number of aliphatic carboxylic acids is 1. The molecule has 1 amide bonds. The number of hydrogen-bond acceptors (Lipinski definition) is 5. The second-order valence-electron chi connectivity index (χ2n) is 5.74. The van der Waals surface area contributed by atoms with Gasteiger partial charge in [-0.1, -0.05) is 55.5 Å². The molecule has 7 heteroatoms. The predicted molar refractivity (Wildman–Crippen MR) is 84.6 cm³/mol. The van der Waals surface area contributed by atoms with Gasteiger partial charge < -0.3 is 10.4 Å². The molecule has 2 rings (SSSR count). The van der Waals surface area contributed by atoms with Gasteiger partial charge in [-0.3, -0.25) is 9.59 Å². The van der Waals surface area contributed by atoms with E-state index in [0.29, 0.717) is 5.13 Å². The van der Waals surface area contributed by atoms with E-state index in [2.05, 4.69) is 15.5 Å². The molecule has 0 aliphatic carbocycles. The first-order valence-corrected chi connectivity index (χ1v) is 7.58. The first-order valence-electron chi connectivity index (χ1n) is 6.76. The molecule has 0 unspecified atom stereocenters. The van der Waals surface area contributed by atoms with Crippen LogP contribution in [0.2, 0.25) is 0 Å². The Labute approximate surface area is 132 Å². The van der Waals surface area contributed by atoms with Crippen LogP contribution in [0.3, 0.4) is 0 Å². The minimum Gasteiger partial charge on any atom is -0.481 e. The molecule has 0 atom stereocenters. The normalized spacial score (nSPS) is 11.2. The first-order chi connectivity index (χ1) is 10.4. The second-order valence-corrected chi connectivity index (χ2v) is 6.72. The lowest BCUT2D eigenvalue weighted by atomic mass is 9.85. The first kappa shape index (κ1) is 16.1. The molecular formula is C15H17N3O3S. The Balaban J connectivity index is 1.98. The van der Waals surface area contributed by atoms with Gasteiger partial charge in [-0.25, -0.2) is 0 Å². The van der Waals surface area contributed by atoms with Crippen molar-refractivity contribution < 1.29 is 14.7 Å². The van der Waals surface area contributed by atoms with Gasteiger partial charge in [0.15, 0.2) is 0 Å². The van der Waals surface area contributed by atoms with Gasteiger partial charge in [0.05, 0.1) is 6.42 Å². The smallest absolute Gasteiger partial charge is 0.303 e. The fourth-order valence-corrected chi connectivity index (χ4v) is 2.81. The zero-order valence-electron chi connectivity index (χ0n) is 12.4. The number of aromatic nitrogens is 2. The van der Waals surface area contributed by atoms with E-state index in [4.69, 9.17) is 5.11 Å². The average Bonchev–Trinajstić information content (AvgIpc) is 2.85. The quantitative estimate of drug-likeness (QED) is 0.853. The Kier molecular flexibility index (Phi) is 4.87. The van der Waals surface area contributed by atoms with Crippen LogP contribution in [0.4, 0.5) is 5.13 Å². The van der Waals surface area contributed by atoms with Crippen molar-refractivity contribution in [1.29, 1.82) is 0 Å². The maximum atomic E-state index is 12.0. The van der Waals surface area contributed by atoms with Crippen molar-refractivity contribution in [3.05, 3.63) is 30.3 Å². The number of nitrogens with zero attached hydrogens (tertiary/aromatic N) is 2. The highest BCUT2D eigenvalue weighted by atomic mass is 32.1. The molecule has 0 aliphatic rings. The van der Waals surface area contributed by atoms with E-state index >= 15 is 0 Å². The Morgan fingerprint density at radius 3 is 2.50 bits per heavy atom. The summed E-state index contributed by atoms with van der Waals surface area (Å²) in [5.74, 6) is -1.18. The van der Waals surface area contributed by atoms with Crippen LogP contribution in [0.25, 0.3) is 10.6 Å². The van der Waals surface area contributed by atoms with E-state index in [1.807, 2.05) is 30.3 Å². The lowest BCUT2D eigenvalue weighted by molar-refractivity contribution is -0.139. The largest absolute Gasteiger partial charge is 0.481 e. The monoisotopic (exact) mass is 319 g/mol. The summed E-state index contributed by atoms with van der Waals surface area (Å²) in [4.78, 5) is 22.8. The number of hydrogen-bond donors (Lipinski definition) is 2. The van der Waals surface area contributed by atoms with Gasteiger partial charge in [-0.2, -0.15) is 0 Å². The zero-order chi connectivity index (χ0) is 16.2.